The van der Waals surface area contributed by atoms with Gasteiger partial charge >= 0.3 is 5.97 Å². The van der Waals surface area contributed by atoms with Gasteiger partial charge in [0.2, 0.25) is 0 Å². The van der Waals surface area contributed by atoms with E-state index >= 15 is 0 Å². The van der Waals surface area contributed by atoms with E-state index in [1.165, 1.54) is 4.68 Å². The molecule has 1 amide bonds. The van der Waals surface area contributed by atoms with Crippen molar-refractivity contribution < 1.29 is 14.7 Å². The molecule has 0 bridgehead atoms. The van der Waals surface area contributed by atoms with Gasteiger partial charge in [0.15, 0.2) is 5.69 Å². The summed E-state index contributed by atoms with van der Waals surface area (Å²) < 4.78 is 1.35. The van der Waals surface area contributed by atoms with Gasteiger partial charge in [-0.3, -0.25) is 14.3 Å². The van der Waals surface area contributed by atoms with Crippen LogP contribution in [0.2, 0.25) is 0 Å². The average molecular weight is 224 g/mol. The first-order valence-corrected chi connectivity index (χ1v) is 4.90. The fourth-order valence-corrected chi connectivity index (χ4v) is 1.88. The first-order valence-electron chi connectivity index (χ1n) is 4.90. The van der Waals surface area contributed by atoms with Crippen LogP contribution < -0.4 is 11.1 Å². The molecule has 0 aromatic carbocycles. The quantitative estimate of drug-likeness (QED) is 0.591. The van der Waals surface area contributed by atoms with Crippen LogP contribution in [-0.2, 0) is 24.3 Å². The minimum atomic E-state index is -0.986. The minimum absolute atomic E-state index is 0.170. The molecule has 0 atom stereocenters. The van der Waals surface area contributed by atoms with Gasteiger partial charge in [-0.05, 0) is 0 Å². The van der Waals surface area contributed by atoms with Gasteiger partial charge in [-0.2, -0.15) is 5.10 Å². The van der Waals surface area contributed by atoms with E-state index in [9.17, 15) is 9.59 Å². The van der Waals surface area contributed by atoms with Gasteiger partial charge in [-0.1, -0.05) is 0 Å². The molecule has 2 heterocycles. The van der Waals surface area contributed by atoms with Crippen LogP contribution in [0.1, 0.15) is 21.7 Å². The summed E-state index contributed by atoms with van der Waals surface area (Å²) >= 11 is 0. The highest BCUT2D eigenvalue weighted by atomic mass is 16.4. The van der Waals surface area contributed by atoms with Crippen molar-refractivity contribution in [1.82, 2.24) is 15.1 Å². The average Bonchev–Trinajstić information content (AvgIpc) is 2.57. The Morgan fingerprint density at radius 2 is 2.31 bits per heavy atom. The molecule has 1 aliphatic rings. The number of carboxylic acids is 1. The molecule has 7 nitrogen and oxygen atoms in total. The smallest absolute Gasteiger partial charge is 0.325 e. The van der Waals surface area contributed by atoms with Crippen molar-refractivity contribution in [2.45, 2.75) is 19.5 Å². The third-order valence-corrected chi connectivity index (χ3v) is 2.53. The number of carbonyl (C=O) groups excluding carboxylic acids is 1. The van der Waals surface area contributed by atoms with Crippen LogP contribution in [0.15, 0.2) is 0 Å². The number of carboxylic acid groups (broad SMARTS) is 1. The second kappa shape index (κ2) is 3.93. The number of hydrogen-bond acceptors (Lipinski definition) is 4. The van der Waals surface area contributed by atoms with E-state index in [4.69, 9.17) is 10.8 Å². The molecule has 1 aromatic rings. The Morgan fingerprint density at radius 1 is 1.56 bits per heavy atom. The van der Waals surface area contributed by atoms with Crippen LogP contribution in [0, 0.1) is 0 Å². The van der Waals surface area contributed by atoms with E-state index in [1.54, 1.807) is 0 Å². The Morgan fingerprint density at radius 3 is 2.94 bits per heavy atom. The number of carbonyl (C=O) groups is 2. The lowest BCUT2D eigenvalue weighted by Gasteiger charge is -2.14. The summed E-state index contributed by atoms with van der Waals surface area (Å²) in [4.78, 5) is 21.8. The molecule has 16 heavy (non-hydrogen) atoms. The number of aromatic nitrogens is 2. The predicted molar refractivity (Wildman–Crippen MR) is 53.8 cm³/mol. The van der Waals surface area contributed by atoms with Gasteiger partial charge in [0.05, 0.1) is 0 Å². The molecule has 0 fully saturated rings. The summed E-state index contributed by atoms with van der Waals surface area (Å²) in [6.45, 7) is 1.01. The Labute approximate surface area is 91.2 Å². The van der Waals surface area contributed by atoms with Crippen LogP contribution in [0.3, 0.4) is 0 Å². The summed E-state index contributed by atoms with van der Waals surface area (Å²) in [7, 11) is 0. The maximum Gasteiger partial charge on any atom is 0.325 e. The zero-order chi connectivity index (χ0) is 11.7. The molecular formula is C9H12N4O3. The number of nitrogens with one attached hydrogen (secondary N) is 1. The lowest BCUT2D eigenvalue weighted by Crippen LogP contribution is -2.26. The maximum atomic E-state index is 11.1. The van der Waals surface area contributed by atoms with E-state index in [0.717, 1.165) is 17.8 Å². The Balaban J connectivity index is 2.45. The second-order valence-corrected chi connectivity index (χ2v) is 3.62. The molecule has 0 spiro atoms. The largest absolute Gasteiger partial charge is 0.480 e. The van der Waals surface area contributed by atoms with Crippen molar-refractivity contribution in [2.24, 2.45) is 5.73 Å². The first kappa shape index (κ1) is 10.6. The van der Waals surface area contributed by atoms with Crippen molar-refractivity contribution in [3.8, 4) is 0 Å². The Hall–Kier alpha value is -1.89. The first-order chi connectivity index (χ1) is 7.59. The normalized spacial score (nSPS) is 14.5. The van der Waals surface area contributed by atoms with E-state index in [1.807, 2.05) is 0 Å². The van der Waals surface area contributed by atoms with Crippen LogP contribution in [0.4, 0.5) is 0 Å². The van der Waals surface area contributed by atoms with Gasteiger partial charge in [0.1, 0.15) is 6.54 Å². The van der Waals surface area contributed by atoms with Crippen molar-refractivity contribution >= 4 is 11.9 Å². The van der Waals surface area contributed by atoms with Gasteiger partial charge < -0.3 is 16.2 Å². The van der Waals surface area contributed by atoms with Gasteiger partial charge in [-0.25, -0.2) is 0 Å². The highest BCUT2D eigenvalue weighted by molar-refractivity contribution is 5.92. The summed E-state index contributed by atoms with van der Waals surface area (Å²) in [5.41, 5.74) is 6.87. The molecule has 7 heteroatoms. The number of amides is 1. The number of primary amides is 1. The summed E-state index contributed by atoms with van der Waals surface area (Å²) in [5.74, 6) is -1.61. The number of nitrogens with two attached hydrogens (primary N) is 1. The zero-order valence-corrected chi connectivity index (χ0v) is 8.56. The van der Waals surface area contributed by atoms with E-state index in [-0.39, 0.29) is 12.2 Å². The molecule has 0 aliphatic carbocycles. The van der Waals surface area contributed by atoms with E-state index in [0.29, 0.717) is 13.0 Å². The topological polar surface area (TPSA) is 110 Å². The molecular weight excluding hydrogens is 212 g/mol. The monoisotopic (exact) mass is 224 g/mol. The number of nitrogens with zero attached hydrogens (tertiary/aromatic N) is 2. The van der Waals surface area contributed by atoms with Crippen LogP contribution >= 0.6 is 0 Å². The van der Waals surface area contributed by atoms with Crippen molar-refractivity contribution in [3.05, 3.63) is 17.0 Å². The summed E-state index contributed by atoms with van der Waals surface area (Å²) in [5, 5.41) is 15.8. The third kappa shape index (κ3) is 1.76. The maximum absolute atomic E-state index is 11.1. The highest BCUT2D eigenvalue weighted by Gasteiger charge is 2.23. The molecule has 0 saturated heterocycles. The highest BCUT2D eigenvalue weighted by Crippen LogP contribution is 2.17. The SMILES string of the molecule is NC(=O)c1nn(CC(=O)O)c2c1CNCC2. The Bertz CT molecular complexity index is 452. The number of rotatable bonds is 3. The lowest BCUT2D eigenvalue weighted by atomic mass is 10.1. The van der Waals surface area contributed by atoms with Crippen molar-refractivity contribution in [3.63, 3.8) is 0 Å². The zero-order valence-electron chi connectivity index (χ0n) is 8.56. The van der Waals surface area contributed by atoms with Crippen LogP contribution in [-0.4, -0.2) is 33.3 Å². The standard InChI is InChI=1S/C9H12N4O3/c10-9(16)8-5-3-11-2-1-6(5)13(12-8)4-7(14)15/h11H,1-4H2,(H2,10,16)(H,14,15). The molecule has 4 N–H and O–H groups in total. The van der Waals surface area contributed by atoms with E-state index in [2.05, 4.69) is 10.4 Å². The number of fused-ring (bicyclic) bond motifs is 1. The fourth-order valence-electron chi connectivity index (χ4n) is 1.88. The van der Waals surface area contributed by atoms with Gasteiger partial charge in [0.25, 0.3) is 5.91 Å². The van der Waals surface area contributed by atoms with E-state index < -0.39 is 11.9 Å². The second-order valence-electron chi connectivity index (χ2n) is 3.62. The Kier molecular flexibility index (Phi) is 2.61. The van der Waals surface area contributed by atoms with Crippen LogP contribution in [0.25, 0.3) is 0 Å². The van der Waals surface area contributed by atoms with Gasteiger partial charge in [0, 0.05) is 30.8 Å². The summed E-state index contributed by atoms with van der Waals surface area (Å²) in [6.07, 6.45) is 0.656. The predicted octanol–water partition coefficient (Wildman–Crippen LogP) is -1.29. The minimum Gasteiger partial charge on any atom is -0.480 e. The van der Waals surface area contributed by atoms with Crippen LogP contribution in [0.5, 0.6) is 0 Å². The molecule has 2 rings (SSSR count). The third-order valence-electron chi connectivity index (χ3n) is 2.53. The molecule has 0 unspecified atom stereocenters. The fraction of sp³-hybridized carbons (Fsp3) is 0.444. The lowest BCUT2D eigenvalue weighted by molar-refractivity contribution is -0.137. The number of aliphatic carboxylic acids is 1. The number of hydrogen-bond donors (Lipinski definition) is 3. The van der Waals surface area contributed by atoms with Gasteiger partial charge in [-0.15, -0.1) is 0 Å². The summed E-state index contributed by atoms with van der Waals surface area (Å²) in [6, 6.07) is 0. The molecule has 0 saturated carbocycles. The molecule has 1 aliphatic heterocycles. The molecule has 86 valence electrons. The van der Waals surface area contributed by atoms with Crippen molar-refractivity contribution in [1.29, 1.82) is 0 Å². The molecule has 0 radical (unpaired) electrons. The molecule has 1 aromatic heterocycles. The van der Waals surface area contributed by atoms with Crippen molar-refractivity contribution in [2.75, 3.05) is 6.54 Å².